The van der Waals surface area contributed by atoms with Crippen molar-refractivity contribution in [2.75, 3.05) is 0 Å². The predicted molar refractivity (Wildman–Crippen MR) is 51.4 cm³/mol. The summed E-state index contributed by atoms with van der Waals surface area (Å²) in [6.45, 7) is 0. The van der Waals surface area contributed by atoms with Crippen molar-refractivity contribution >= 4 is 23.2 Å². The molecule has 0 aliphatic carbocycles. The molecule has 0 spiro atoms. The zero-order chi connectivity index (χ0) is 9.26. The van der Waals surface area contributed by atoms with Gasteiger partial charge in [0.15, 0.2) is 5.15 Å². The second kappa shape index (κ2) is 3.36. The van der Waals surface area contributed by atoms with E-state index >= 15 is 0 Å². The van der Waals surface area contributed by atoms with Gasteiger partial charge in [0.2, 0.25) is 5.95 Å². The maximum atomic E-state index is 5.73. The Balaban J connectivity index is 2.49. The summed E-state index contributed by atoms with van der Waals surface area (Å²) in [5.41, 5.74) is 0. The van der Waals surface area contributed by atoms with Crippen LogP contribution in [0.2, 0.25) is 10.2 Å². The van der Waals surface area contributed by atoms with E-state index in [1.54, 1.807) is 4.57 Å². The average molecular weight is 214 g/mol. The molecule has 2 aromatic heterocycles. The lowest BCUT2D eigenvalue weighted by Gasteiger charge is -2.00. The van der Waals surface area contributed by atoms with Gasteiger partial charge in [-0.15, -0.1) is 0 Å². The molecule has 0 saturated heterocycles. The average Bonchev–Trinajstić information content (AvgIpc) is 2.62. The minimum atomic E-state index is 0.264. The molecule has 2 rings (SSSR count). The maximum absolute atomic E-state index is 5.73. The smallest absolute Gasteiger partial charge is 0.235 e. The second-order valence-corrected chi connectivity index (χ2v) is 3.16. The van der Waals surface area contributed by atoms with Crippen LogP contribution in [0.4, 0.5) is 0 Å². The van der Waals surface area contributed by atoms with Gasteiger partial charge in [0, 0.05) is 12.4 Å². The molecular weight excluding hydrogens is 209 g/mol. The van der Waals surface area contributed by atoms with Gasteiger partial charge in [-0.3, -0.25) is 4.57 Å². The van der Waals surface area contributed by atoms with Crippen molar-refractivity contribution in [1.29, 1.82) is 0 Å². The van der Waals surface area contributed by atoms with Crippen molar-refractivity contribution in [2.45, 2.75) is 0 Å². The van der Waals surface area contributed by atoms with E-state index in [9.17, 15) is 0 Å². The van der Waals surface area contributed by atoms with Gasteiger partial charge < -0.3 is 0 Å². The van der Waals surface area contributed by atoms with Crippen LogP contribution in [0, 0.1) is 0 Å². The lowest BCUT2D eigenvalue weighted by atomic mass is 10.6. The molecule has 2 aromatic rings. The molecule has 66 valence electrons. The van der Waals surface area contributed by atoms with Gasteiger partial charge in [0.05, 0.1) is 11.2 Å². The molecule has 0 aliphatic rings. The van der Waals surface area contributed by atoms with E-state index in [2.05, 4.69) is 9.97 Å². The topological polar surface area (TPSA) is 30.7 Å². The van der Waals surface area contributed by atoms with Crippen LogP contribution in [0.25, 0.3) is 5.95 Å². The first-order chi connectivity index (χ1) is 6.27. The predicted octanol–water partition coefficient (Wildman–Crippen LogP) is 2.57. The van der Waals surface area contributed by atoms with Crippen LogP contribution in [0.3, 0.4) is 0 Å². The molecule has 0 bridgehead atoms. The molecule has 0 saturated carbocycles. The first kappa shape index (κ1) is 8.53. The Morgan fingerprint density at radius 3 is 2.46 bits per heavy atom. The van der Waals surface area contributed by atoms with Crippen LogP contribution >= 0.6 is 23.2 Å². The summed E-state index contributed by atoms with van der Waals surface area (Å²) >= 11 is 11.4. The molecule has 0 aliphatic heterocycles. The Morgan fingerprint density at radius 2 is 1.85 bits per heavy atom. The number of aromatic nitrogens is 3. The van der Waals surface area contributed by atoms with E-state index in [1.807, 2.05) is 24.5 Å². The summed E-state index contributed by atoms with van der Waals surface area (Å²) in [7, 11) is 0. The Kier molecular flexibility index (Phi) is 2.20. The Labute approximate surface area is 85.0 Å². The molecule has 13 heavy (non-hydrogen) atoms. The first-order valence-electron chi connectivity index (χ1n) is 3.59. The lowest BCUT2D eigenvalue weighted by molar-refractivity contribution is 0.936. The third-order valence-electron chi connectivity index (χ3n) is 1.52. The van der Waals surface area contributed by atoms with E-state index in [0.717, 1.165) is 0 Å². The molecule has 0 aromatic carbocycles. The molecule has 0 amide bonds. The van der Waals surface area contributed by atoms with Gasteiger partial charge in [0.1, 0.15) is 0 Å². The summed E-state index contributed by atoms with van der Waals surface area (Å²) in [4.78, 5) is 8.02. The highest BCUT2D eigenvalue weighted by Crippen LogP contribution is 2.18. The van der Waals surface area contributed by atoms with Crippen molar-refractivity contribution in [2.24, 2.45) is 0 Å². The van der Waals surface area contributed by atoms with E-state index in [4.69, 9.17) is 23.2 Å². The standard InChI is InChI=1S/C8H5Cl2N3/c9-6-5-11-8(12-7(6)10)13-3-1-2-4-13/h1-5H. The third kappa shape index (κ3) is 1.66. The van der Waals surface area contributed by atoms with E-state index < -0.39 is 0 Å². The molecule has 0 N–H and O–H groups in total. The van der Waals surface area contributed by atoms with E-state index in [1.165, 1.54) is 6.20 Å². The van der Waals surface area contributed by atoms with Crippen LogP contribution < -0.4 is 0 Å². The van der Waals surface area contributed by atoms with Crippen molar-refractivity contribution in [3.63, 3.8) is 0 Å². The molecule has 5 heteroatoms. The minimum Gasteiger partial charge on any atom is -0.293 e. The molecule has 0 fully saturated rings. The van der Waals surface area contributed by atoms with Gasteiger partial charge >= 0.3 is 0 Å². The number of rotatable bonds is 1. The van der Waals surface area contributed by atoms with Gasteiger partial charge in [-0.25, -0.2) is 4.98 Å². The zero-order valence-corrected chi connectivity index (χ0v) is 8.00. The maximum Gasteiger partial charge on any atom is 0.235 e. The van der Waals surface area contributed by atoms with Gasteiger partial charge in [-0.2, -0.15) is 4.98 Å². The quantitative estimate of drug-likeness (QED) is 0.683. The highest BCUT2D eigenvalue weighted by atomic mass is 35.5. The summed E-state index contributed by atoms with van der Waals surface area (Å²) < 4.78 is 1.75. The largest absolute Gasteiger partial charge is 0.293 e. The van der Waals surface area contributed by atoms with Gasteiger partial charge in [-0.1, -0.05) is 23.2 Å². The Bertz CT molecular complexity index is 411. The number of hydrogen-bond donors (Lipinski definition) is 0. The first-order valence-corrected chi connectivity index (χ1v) is 4.34. The monoisotopic (exact) mass is 213 g/mol. The summed E-state index contributed by atoms with van der Waals surface area (Å²) in [5.74, 6) is 0.513. The fraction of sp³-hybridized carbons (Fsp3) is 0. The van der Waals surface area contributed by atoms with Crippen LogP contribution in [-0.4, -0.2) is 14.5 Å². The van der Waals surface area contributed by atoms with Crippen molar-refractivity contribution in [3.05, 3.63) is 40.9 Å². The van der Waals surface area contributed by atoms with Crippen molar-refractivity contribution in [1.82, 2.24) is 14.5 Å². The number of halogens is 2. The van der Waals surface area contributed by atoms with Crippen LogP contribution in [0.1, 0.15) is 0 Å². The highest BCUT2D eigenvalue weighted by molar-refractivity contribution is 6.41. The van der Waals surface area contributed by atoms with Crippen LogP contribution in [0.5, 0.6) is 0 Å². The van der Waals surface area contributed by atoms with E-state index in [-0.39, 0.29) is 5.15 Å². The summed E-state index contributed by atoms with van der Waals surface area (Å²) in [6, 6.07) is 3.76. The Morgan fingerprint density at radius 1 is 1.15 bits per heavy atom. The molecular formula is C8H5Cl2N3. The summed E-state index contributed by atoms with van der Waals surface area (Å²) in [6.07, 6.45) is 5.14. The number of hydrogen-bond acceptors (Lipinski definition) is 2. The van der Waals surface area contributed by atoms with Gasteiger partial charge in [-0.05, 0) is 12.1 Å². The van der Waals surface area contributed by atoms with Crippen LogP contribution in [-0.2, 0) is 0 Å². The van der Waals surface area contributed by atoms with Crippen molar-refractivity contribution in [3.8, 4) is 5.95 Å². The van der Waals surface area contributed by atoms with Gasteiger partial charge in [0.25, 0.3) is 0 Å². The SMILES string of the molecule is Clc1cnc(-n2cccc2)nc1Cl. The van der Waals surface area contributed by atoms with Crippen molar-refractivity contribution < 1.29 is 0 Å². The van der Waals surface area contributed by atoms with E-state index in [0.29, 0.717) is 11.0 Å². The highest BCUT2D eigenvalue weighted by Gasteiger charge is 2.02. The lowest BCUT2D eigenvalue weighted by Crippen LogP contribution is -1.97. The Hall–Kier alpha value is -1.06. The molecule has 0 radical (unpaired) electrons. The zero-order valence-electron chi connectivity index (χ0n) is 6.48. The number of nitrogens with zero attached hydrogens (tertiary/aromatic N) is 3. The fourth-order valence-corrected chi connectivity index (χ4v) is 1.15. The van der Waals surface area contributed by atoms with Crippen LogP contribution in [0.15, 0.2) is 30.7 Å². The summed E-state index contributed by atoms with van der Waals surface area (Å²) in [5, 5.41) is 0.623. The third-order valence-corrected chi connectivity index (χ3v) is 2.19. The normalized spacial score (nSPS) is 10.3. The second-order valence-electron chi connectivity index (χ2n) is 2.40. The minimum absolute atomic E-state index is 0.264. The molecule has 3 nitrogen and oxygen atoms in total. The molecule has 0 unspecified atom stereocenters. The fourth-order valence-electron chi connectivity index (χ4n) is 0.930. The molecule has 2 heterocycles. The molecule has 0 atom stereocenters.